The maximum Gasteiger partial charge on any atom is 0.313 e. The second kappa shape index (κ2) is 8.32. The van der Waals surface area contributed by atoms with Crippen LogP contribution in [0.2, 0.25) is 0 Å². The molecule has 2 atom stereocenters. The number of carbonyl (C=O) groups excluding carboxylic acids is 2. The molecular weight excluding hydrogens is 256 g/mol. The van der Waals surface area contributed by atoms with Gasteiger partial charge in [-0.25, -0.2) is 0 Å². The monoisotopic (exact) mass is 280 g/mol. The third-order valence-electron chi connectivity index (χ3n) is 2.54. The van der Waals surface area contributed by atoms with Gasteiger partial charge < -0.3 is 22.9 Å². The molecular formula is C12H25ClN2O3. The van der Waals surface area contributed by atoms with Gasteiger partial charge in [-0.3, -0.25) is 14.1 Å². The molecule has 0 saturated carbocycles. The highest BCUT2D eigenvalue weighted by molar-refractivity contribution is 5.78. The molecule has 0 aliphatic heterocycles. The highest BCUT2D eigenvalue weighted by Gasteiger charge is 2.24. The topological polar surface area (TPSA) is 69.4 Å². The minimum absolute atomic E-state index is 0. The van der Waals surface area contributed by atoms with Gasteiger partial charge in [0.25, 0.3) is 0 Å². The first-order chi connectivity index (χ1) is 7.67. The summed E-state index contributed by atoms with van der Waals surface area (Å²) in [5.41, 5.74) is 5.19. The summed E-state index contributed by atoms with van der Waals surface area (Å²) in [4.78, 5) is 22.8. The molecule has 0 saturated heterocycles. The largest absolute Gasteiger partial charge is 1.00 e. The first-order valence-electron chi connectivity index (χ1n) is 5.93. The lowest BCUT2D eigenvalue weighted by Crippen LogP contribution is -3.00. The van der Waals surface area contributed by atoms with E-state index in [1.54, 1.807) is 6.92 Å². The molecule has 0 bridgehead atoms. The minimum Gasteiger partial charge on any atom is -1.00 e. The molecule has 0 aromatic heterocycles. The lowest BCUT2D eigenvalue weighted by atomic mass is 9.93. The molecule has 0 spiro atoms. The summed E-state index contributed by atoms with van der Waals surface area (Å²) < 4.78 is 5.78. The summed E-state index contributed by atoms with van der Waals surface area (Å²) in [5.74, 6) is -1.16. The van der Waals surface area contributed by atoms with E-state index in [0.29, 0.717) is 24.1 Å². The predicted molar refractivity (Wildman–Crippen MR) is 65.7 cm³/mol. The second-order valence-corrected chi connectivity index (χ2v) is 5.53. The molecule has 2 unspecified atom stereocenters. The average molecular weight is 281 g/mol. The van der Waals surface area contributed by atoms with Gasteiger partial charge >= 0.3 is 5.97 Å². The van der Waals surface area contributed by atoms with Crippen LogP contribution in [0.5, 0.6) is 0 Å². The Morgan fingerprint density at radius 3 is 2.11 bits per heavy atom. The number of rotatable bonds is 7. The smallest absolute Gasteiger partial charge is 0.313 e. The molecule has 108 valence electrons. The fourth-order valence-electron chi connectivity index (χ4n) is 1.35. The van der Waals surface area contributed by atoms with Gasteiger partial charge in [0.1, 0.15) is 0 Å². The number of nitrogens with two attached hydrogens (primary N) is 1. The quantitative estimate of drug-likeness (QED) is 0.325. The van der Waals surface area contributed by atoms with E-state index in [1.807, 2.05) is 28.1 Å². The number of hydrogen-bond acceptors (Lipinski definition) is 3. The third-order valence-corrected chi connectivity index (χ3v) is 2.54. The number of esters is 1. The number of amides is 1. The summed E-state index contributed by atoms with van der Waals surface area (Å²) in [6, 6.07) is 0. The molecule has 0 fully saturated rings. The van der Waals surface area contributed by atoms with E-state index >= 15 is 0 Å². The lowest BCUT2D eigenvalue weighted by molar-refractivity contribution is -0.888. The maximum absolute atomic E-state index is 11.8. The van der Waals surface area contributed by atoms with E-state index in [0.717, 1.165) is 0 Å². The fourth-order valence-corrected chi connectivity index (χ4v) is 1.35. The number of quaternary nitrogens is 1. The van der Waals surface area contributed by atoms with Gasteiger partial charge in [0.15, 0.2) is 0 Å². The van der Waals surface area contributed by atoms with Gasteiger partial charge in [0.2, 0.25) is 12.6 Å². The van der Waals surface area contributed by atoms with E-state index in [2.05, 4.69) is 0 Å². The molecule has 0 rings (SSSR count). The van der Waals surface area contributed by atoms with Gasteiger partial charge in [0.05, 0.1) is 27.1 Å². The van der Waals surface area contributed by atoms with E-state index in [-0.39, 0.29) is 36.1 Å². The zero-order valence-electron chi connectivity index (χ0n) is 11.9. The van der Waals surface area contributed by atoms with Crippen LogP contribution in [0.15, 0.2) is 0 Å². The number of ether oxygens (including phenoxy) is 1. The Morgan fingerprint density at radius 2 is 1.78 bits per heavy atom. The first kappa shape index (κ1) is 19.5. The van der Waals surface area contributed by atoms with Gasteiger partial charge in [-0.05, 0) is 12.8 Å². The zero-order valence-corrected chi connectivity index (χ0v) is 12.7. The Labute approximate surface area is 116 Å². The van der Waals surface area contributed by atoms with Crippen molar-refractivity contribution in [1.82, 2.24) is 0 Å². The molecule has 18 heavy (non-hydrogen) atoms. The summed E-state index contributed by atoms with van der Waals surface area (Å²) in [5, 5.41) is 0. The predicted octanol–water partition coefficient (Wildman–Crippen LogP) is -2.26. The summed E-state index contributed by atoms with van der Waals surface area (Å²) in [6.45, 7) is 3.98. The van der Waals surface area contributed by atoms with Crippen LogP contribution in [0.25, 0.3) is 0 Å². The molecule has 2 N–H and O–H groups in total. The molecule has 5 nitrogen and oxygen atoms in total. The normalized spacial score (nSPS) is 14.3. The molecule has 0 aromatic rings. The van der Waals surface area contributed by atoms with Crippen molar-refractivity contribution >= 4 is 11.9 Å². The van der Waals surface area contributed by atoms with E-state index in [4.69, 9.17) is 10.5 Å². The number of carbonyl (C=O) groups is 2. The molecule has 6 heteroatoms. The van der Waals surface area contributed by atoms with Crippen LogP contribution in [0, 0.1) is 11.8 Å². The van der Waals surface area contributed by atoms with Crippen LogP contribution in [0.1, 0.15) is 26.7 Å². The lowest BCUT2D eigenvalue weighted by Gasteiger charge is -2.24. The van der Waals surface area contributed by atoms with Gasteiger partial charge in [-0.2, -0.15) is 0 Å². The van der Waals surface area contributed by atoms with E-state index in [9.17, 15) is 9.59 Å². The Bertz CT molecular complexity index is 277. The molecule has 0 radical (unpaired) electrons. The van der Waals surface area contributed by atoms with Gasteiger partial charge in [-0.1, -0.05) is 13.8 Å². The second-order valence-electron chi connectivity index (χ2n) is 5.53. The van der Waals surface area contributed by atoms with Crippen LogP contribution >= 0.6 is 0 Å². The summed E-state index contributed by atoms with van der Waals surface area (Å²) >= 11 is 0. The molecule has 0 aliphatic carbocycles. The molecule has 0 aromatic carbocycles. The number of halogens is 1. The SMILES string of the molecule is CCC(CC(C)C(N)=O)C(=O)OC[N+](C)(C)C.[Cl-]. The number of nitrogens with zero attached hydrogens (tertiary/aromatic N) is 1. The van der Waals surface area contributed by atoms with Crippen LogP contribution in [0.3, 0.4) is 0 Å². The third kappa shape index (κ3) is 8.31. The first-order valence-corrected chi connectivity index (χ1v) is 5.93. The summed E-state index contributed by atoms with van der Waals surface area (Å²) in [7, 11) is 5.83. The highest BCUT2D eigenvalue weighted by Crippen LogP contribution is 2.17. The van der Waals surface area contributed by atoms with Gasteiger partial charge in [-0.15, -0.1) is 0 Å². The summed E-state index contributed by atoms with van der Waals surface area (Å²) in [6.07, 6.45) is 1.12. The Hall–Kier alpha value is -0.810. The highest BCUT2D eigenvalue weighted by atomic mass is 35.5. The van der Waals surface area contributed by atoms with Crippen molar-refractivity contribution < 1.29 is 31.2 Å². The van der Waals surface area contributed by atoms with Crippen molar-refractivity contribution in [3.05, 3.63) is 0 Å². The molecule has 0 aliphatic rings. The minimum atomic E-state index is -0.372. The standard InChI is InChI=1S/C12H24N2O3.ClH/c1-6-10(7-9(2)11(13)15)12(16)17-8-14(3,4)5;/h9-10H,6-8H2,1-5H3,(H-,13,15);1H. The van der Waals surface area contributed by atoms with Crippen molar-refractivity contribution in [2.45, 2.75) is 26.7 Å². The Balaban J connectivity index is 0. The van der Waals surface area contributed by atoms with Crippen LogP contribution in [0.4, 0.5) is 0 Å². The van der Waals surface area contributed by atoms with Crippen molar-refractivity contribution in [3.8, 4) is 0 Å². The van der Waals surface area contributed by atoms with E-state index < -0.39 is 0 Å². The Morgan fingerprint density at radius 1 is 1.28 bits per heavy atom. The van der Waals surface area contributed by atoms with Crippen LogP contribution < -0.4 is 18.1 Å². The van der Waals surface area contributed by atoms with Crippen LogP contribution in [-0.4, -0.2) is 44.2 Å². The van der Waals surface area contributed by atoms with Crippen molar-refractivity contribution in [2.75, 3.05) is 27.9 Å². The van der Waals surface area contributed by atoms with Gasteiger partial charge in [0, 0.05) is 5.92 Å². The average Bonchev–Trinajstić information content (AvgIpc) is 2.20. The number of hydrogen-bond donors (Lipinski definition) is 1. The van der Waals surface area contributed by atoms with E-state index in [1.165, 1.54) is 0 Å². The molecule has 1 amide bonds. The van der Waals surface area contributed by atoms with Crippen molar-refractivity contribution in [3.63, 3.8) is 0 Å². The van der Waals surface area contributed by atoms with Crippen LogP contribution in [-0.2, 0) is 14.3 Å². The Kier molecular flexibility index (Phi) is 9.03. The zero-order chi connectivity index (χ0) is 13.6. The van der Waals surface area contributed by atoms with Crippen molar-refractivity contribution in [1.29, 1.82) is 0 Å². The number of primary amides is 1. The van der Waals surface area contributed by atoms with Crippen molar-refractivity contribution in [2.24, 2.45) is 17.6 Å². The fraction of sp³-hybridized carbons (Fsp3) is 0.833. The maximum atomic E-state index is 11.8. The molecule has 0 heterocycles.